The van der Waals surface area contributed by atoms with E-state index in [2.05, 4.69) is 15.7 Å². The second kappa shape index (κ2) is 9.77. The van der Waals surface area contributed by atoms with Gasteiger partial charge >= 0.3 is 5.97 Å². The molecule has 0 bridgehead atoms. The Morgan fingerprint density at radius 1 is 1.03 bits per heavy atom. The van der Waals surface area contributed by atoms with Gasteiger partial charge < -0.3 is 15.4 Å². The molecule has 1 heterocycles. The Bertz CT molecular complexity index is 1260. The molecule has 166 valence electrons. The van der Waals surface area contributed by atoms with E-state index in [1.165, 1.54) is 7.05 Å². The van der Waals surface area contributed by atoms with Gasteiger partial charge in [-0.3, -0.25) is 19.2 Å². The molecule has 0 aliphatic rings. The first kappa shape index (κ1) is 22.5. The van der Waals surface area contributed by atoms with Gasteiger partial charge in [0.2, 0.25) is 5.91 Å². The van der Waals surface area contributed by atoms with Crippen LogP contribution in [0.15, 0.2) is 47.3 Å². The molecule has 0 radical (unpaired) electrons. The van der Waals surface area contributed by atoms with Crippen molar-refractivity contribution >= 4 is 34.2 Å². The molecular formula is C21H18F2N4O5. The summed E-state index contributed by atoms with van der Waals surface area (Å²) in [5, 5.41) is 9.51. The van der Waals surface area contributed by atoms with Gasteiger partial charge in [0.05, 0.1) is 24.0 Å². The number of nitrogens with one attached hydrogen (secondary N) is 2. The van der Waals surface area contributed by atoms with Gasteiger partial charge in [-0.25, -0.2) is 13.5 Å². The first-order chi connectivity index (χ1) is 15.2. The predicted octanol–water partition coefficient (Wildman–Crippen LogP) is 1.05. The van der Waals surface area contributed by atoms with Crippen LogP contribution in [0.3, 0.4) is 0 Å². The number of rotatable bonds is 7. The van der Waals surface area contributed by atoms with Gasteiger partial charge in [-0.15, -0.1) is 0 Å². The summed E-state index contributed by atoms with van der Waals surface area (Å²) in [5.41, 5.74) is 0.0318. The van der Waals surface area contributed by atoms with Crippen molar-refractivity contribution in [2.75, 3.05) is 18.5 Å². The summed E-state index contributed by atoms with van der Waals surface area (Å²) in [6, 6.07) is 9.49. The fraction of sp³-hybridized carbons (Fsp3) is 0.190. The molecule has 32 heavy (non-hydrogen) atoms. The number of carbonyl (C=O) groups excluding carboxylic acids is 3. The first-order valence-electron chi connectivity index (χ1n) is 9.36. The zero-order valence-corrected chi connectivity index (χ0v) is 16.9. The molecule has 3 aromatic rings. The predicted molar refractivity (Wildman–Crippen MR) is 110 cm³/mol. The van der Waals surface area contributed by atoms with Crippen LogP contribution in [-0.2, 0) is 32.6 Å². The van der Waals surface area contributed by atoms with Crippen LogP contribution in [0, 0.1) is 11.6 Å². The molecule has 0 unspecified atom stereocenters. The minimum absolute atomic E-state index is 0.0200. The van der Waals surface area contributed by atoms with Crippen LogP contribution < -0.4 is 16.2 Å². The molecule has 1 aromatic heterocycles. The number of carbonyl (C=O) groups is 3. The van der Waals surface area contributed by atoms with Crippen LogP contribution >= 0.6 is 0 Å². The second-order valence-corrected chi connectivity index (χ2v) is 6.71. The molecule has 0 saturated carbocycles. The summed E-state index contributed by atoms with van der Waals surface area (Å²) in [7, 11) is 1.46. The number of amides is 2. The van der Waals surface area contributed by atoms with Crippen LogP contribution in [0.5, 0.6) is 0 Å². The van der Waals surface area contributed by atoms with Crippen LogP contribution in [0.25, 0.3) is 10.8 Å². The molecule has 2 amide bonds. The number of aryl methyl sites for hydroxylation is 1. The van der Waals surface area contributed by atoms with E-state index in [0.717, 1.165) is 22.9 Å². The van der Waals surface area contributed by atoms with Gasteiger partial charge in [-0.1, -0.05) is 18.2 Å². The second-order valence-electron chi connectivity index (χ2n) is 6.71. The fourth-order valence-electron chi connectivity index (χ4n) is 2.85. The van der Waals surface area contributed by atoms with Gasteiger partial charge in [0, 0.05) is 24.2 Å². The highest BCUT2D eigenvalue weighted by atomic mass is 19.2. The number of hydrogen-bond donors (Lipinski definition) is 2. The third kappa shape index (κ3) is 5.50. The number of halogens is 2. The van der Waals surface area contributed by atoms with Crippen molar-refractivity contribution in [1.29, 1.82) is 0 Å². The van der Waals surface area contributed by atoms with Crippen LogP contribution in [0.1, 0.15) is 5.69 Å². The van der Waals surface area contributed by atoms with Crippen molar-refractivity contribution in [3.63, 3.8) is 0 Å². The SMILES string of the molecule is Cn1nc(CC(=O)OCC(=O)NCC(=O)Nc2ccc(F)c(F)c2)c2ccccc2c1=O. The Morgan fingerprint density at radius 2 is 1.75 bits per heavy atom. The molecule has 0 atom stereocenters. The van der Waals surface area contributed by atoms with Gasteiger partial charge in [0.1, 0.15) is 0 Å². The van der Waals surface area contributed by atoms with Crippen molar-refractivity contribution in [3.8, 4) is 0 Å². The maximum Gasteiger partial charge on any atom is 0.312 e. The van der Waals surface area contributed by atoms with Gasteiger partial charge in [-0.05, 0) is 18.2 Å². The summed E-state index contributed by atoms with van der Waals surface area (Å²) >= 11 is 0. The Morgan fingerprint density at radius 3 is 2.47 bits per heavy atom. The molecule has 2 N–H and O–H groups in total. The van der Waals surface area contributed by atoms with Gasteiger partial charge in [0.25, 0.3) is 11.5 Å². The van der Waals surface area contributed by atoms with Gasteiger partial charge in [-0.2, -0.15) is 5.10 Å². The monoisotopic (exact) mass is 444 g/mol. The van der Waals surface area contributed by atoms with Crippen LogP contribution in [0.4, 0.5) is 14.5 Å². The van der Waals surface area contributed by atoms with Crippen molar-refractivity contribution in [2.24, 2.45) is 7.05 Å². The number of aromatic nitrogens is 2. The van der Waals surface area contributed by atoms with Crippen molar-refractivity contribution < 1.29 is 27.9 Å². The van der Waals surface area contributed by atoms with Gasteiger partial charge in [0.15, 0.2) is 18.2 Å². The Labute approximate surface area is 180 Å². The first-order valence-corrected chi connectivity index (χ1v) is 9.36. The molecule has 0 fully saturated rings. The van der Waals surface area contributed by atoms with E-state index in [4.69, 9.17) is 4.74 Å². The summed E-state index contributed by atoms with van der Waals surface area (Å²) in [6.07, 6.45) is -0.265. The van der Waals surface area contributed by atoms with E-state index < -0.39 is 42.6 Å². The third-order valence-electron chi connectivity index (χ3n) is 4.36. The lowest BCUT2D eigenvalue weighted by atomic mass is 10.1. The summed E-state index contributed by atoms with van der Waals surface area (Å²) in [6.45, 7) is -1.11. The summed E-state index contributed by atoms with van der Waals surface area (Å²) in [4.78, 5) is 47.9. The maximum absolute atomic E-state index is 13.1. The van der Waals surface area contributed by atoms with E-state index >= 15 is 0 Å². The van der Waals surface area contributed by atoms with Crippen molar-refractivity contribution in [2.45, 2.75) is 6.42 Å². The zero-order chi connectivity index (χ0) is 23.3. The number of esters is 1. The minimum atomic E-state index is -1.13. The van der Waals surface area contributed by atoms with Crippen LogP contribution in [0.2, 0.25) is 0 Å². The molecule has 0 saturated heterocycles. The molecule has 0 spiro atoms. The number of nitrogens with zero attached hydrogens (tertiary/aromatic N) is 2. The highest BCUT2D eigenvalue weighted by Gasteiger charge is 2.15. The zero-order valence-electron chi connectivity index (χ0n) is 16.9. The highest BCUT2D eigenvalue weighted by molar-refractivity contribution is 5.95. The van der Waals surface area contributed by atoms with E-state index in [9.17, 15) is 28.0 Å². The quantitative estimate of drug-likeness (QED) is 0.526. The highest BCUT2D eigenvalue weighted by Crippen LogP contribution is 2.14. The molecule has 0 aliphatic heterocycles. The van der Waals surface area contributed by atoms with Crippen LogP contribution in [-0.4, -0.2) is 40.7 Å². The Balaban J connectivity index is 1.49. The smallest absolute Gasteiger partial charge is 0.312 e. The lowest BCUT2D eigenvalue weighted by Crippen LogP contribution is -2.35. The van der Waals surface area contributed by atoms with E-state index in [0.29, 0.717) is 16.5 Å². The number of benzene rings is 2. The van der Waals surface area contributed by atoms with E-state index in [1.807, 2.05) is 0 Å². The topological polar surface area (TPSA) is 119 Å². The number of hydrogen-bond acceptors (Lipinski definition) is 6. The van der Waals surface area contributed by atoms with E-state index in [1.54, 1.807) is 24.3 Å². The number of anilines is 1. The lowest BCUT2D eigenvalue weighted by molar-refractivity contribution is -0.147. The van der Waals surface area contributed by atoms with Crippen molar-refractivity contribution in [1.82, 2.24) is 15.1 Å². The van der Waals surface area contributed by atoms with Crippen molar-refractivity contribution in [3.05, 3.63) is 70.1 Å². The Hall–Kier alpha value is -4.15. The molecule has 3 rings (SSSR count). The van der Waals surface area contributed by atoms with E-state index in [-0.39, 0.29) is 17.7 Å². The number of ether oxygens (including phenoxy) is 1. The lowest BCUT2D eigenvalue weighted by Gasteiger charge is -2.09. The summed E-state index contributed by atoms with van der Waals surface area (Å²) in [5.74, 6) is -4.35. The number of fused-ring (bicyclic) bond motifs is 1. The normalized spacial score (nSPS) is 10.6. The fourth-order valence-corrected chi connectivity index (χ4v) is 2.85. The molecule has 2 aromatic carbocycles. The molecule has 0 aliphatic carbocycles. The molecule has 11 heteroatoms. The minimum Gasteiger partial charge on any atom is -0.455 e. The maximum atomic E-state index is 13.1. The average molecular weight is 444 g/mol. The summed E-state index contributed by atoms with van der Waals surface area (Å²) < 4.78 is 32.0. The molecule has 9 nitrogen and oxygen atoms in total. The third-order valence-corrected chi connectivity index (χ3v) is 4.36. The average Bonchev–Trinajstić information content (AvgIpc) is 2.77. The Kier molecular flexibility index (Phi) is 6.88. The standard InChI is InChI=1S/C21H18F2N4O5/c1-27-21(31)14-5-3-2-4-13(14)17(26-27)9-20(30)32-11-19(29)24-10-18(28)25-12-6-7-15(22)16(23)8-12/h2-8H,9-11H2,1H3,(H,24,29)(H,25,28). The largest absolute Gasteiger partial charge is 0.455 e. The molecular weight excluding hydrogens is 426 g/mol.